The number of rotatable bonds is 6. The number of ether oxygens (including phenoxy) is 1. The number of hydrogen-bond acceptors (Lipinski definition) is 5. The lowest BCUT2D eigenvalue weighted by Gasteiger charge is -2.27. The summed E-state index contributed by atoms with van der Waals surface area (Å²) in [5, 5.41) is 3.04. The first kappa shape index (κ1) is 28.8. The highest BCUT2D eigenvalue weighted by molar-refractivity contribution is 5.94. The summed E-state index contributed by atoms with van der Waals surface area (Å²) in [5.74, 6) is 0.753. The van der Waals surface area contributed by atoms with Crippen molar-refractivity contribution in [3.63, 3.8) is 0 Å². The molecule has 1 aromatic carbocycles. The van der Waals surface area contributed by atoms with E-state index in [4.69, 9.17) is 4.74 Å². The van der Waals surface area contributed by atoms with Crippen LogP contribution in [0.1, 0.15) is 102 Å². The predicted molar refractivity (Wildman–Crippen MR) is 153 cm³/mol. The van der Waals surface area contributed by atoms with Crippen LogP contribution in [0.5, 0.6) is 5.75 Å². The number of nitrogens with one attached hydrogen (secondary N) is 1. The molecule has 2 amide bonds. The van der Waals surface area contributed by atoms with Gasteiger partial charge in [0.05, 0.1) is 18.6 Å². The van der Waals surface area contributed by atoms with E-state index in [1.165, 1.54) is 12.8 Å². The zero-order valence-electron chi connectivity index (χ0n) is 23.9. The molecule has 1 unspecified atom stereocenters. The molecule has 0 aromatic heterocycles. The lowest BCUT2D eigenvalue weighted by Crippen LogP contribution is -2.46. The van der Waals surface area contributed by atoms with E-state index < -0.39 is 12.0 Å². The normalized spacial score (nSPS) is 27.3. The SMILES string of the molecule is O=C1CCc2cccc(c2)OCCCC[C@@H](C(=O)CC2CCCC2)NC(=O)[C@H](CC(=O)N2CCCC2C2CC2)C1. The summed E-state index contributed by atoms with van der Waals surface area (Å²) >= 11 is 0. The molecule has 2 bridgehead atoms. The molecular weight excluding hydrogens is 504 g/mol. The zero-order chi connectivity index (χ0) is 27.9. The predicted octanol–water partition coefficient (Wildman–Crippen LogP) is 5.18. The minimum Gasteiger partial charge on any atom is -0.494 e. The molecule has 0 radical (unpaired) electrons. The van der Waals surface area contributed by atoms with Crippen molar-refractivity contribution < 1.29 is 23.9 Å². The van der Waals surface area contributed by atoms with Crippen LogP contribution in [-0.2, 0) is 25.6 Å². The number of aryl methyl sites for hydroxylation is 1. The Hall–Kier alpha value is -2.70. The largest absolute Gasteiger partial charge is 0.494 e. The van der Waals surface area contributed by atoms with Crippen LogP contribution in [0.2, 0.25) is 0 Å². The molecule has 1 N–H and O–H groups in total. The quantitative estimate of drug-likeness (QED) is 0.527. The number of amides is 2. The van der Waals surface area contributed by atoms with Gasteiger partial charge >= 0.3 is 0 Å². The molecule has 0 spiro atoms. The zero-order valence-corrected chi connectivity index (χ0v) is 23.9. The van der Waals surface area contributed by atoms with Crippen LogP contribution in [-0.4, -0.2) is 53.5 Å². The van der Waals surface area contributed by atoms with Gasteiger partial charge in [-0.25, -0.2) is 0 Å². The van der Waals surface area contributed by atoms with E-state index in [1.54, 1.807) is 0 Å². The van der Waals surface area contributed by atoms with Crippen molar-refractivity contribution in [1.29, 1.82) is 0 Å². The fourth-order valence-electron chi connectivity index (χ4n) is 7.00. The summed E-state index contributed by atoms with van der Waals surface area (Å²) in [6.07, 6.45) is 12.4. The Kier molecular flexibility index (Phi) is 9.92. The first-order valence-electron chi connectivity index (χ1n) is 15.8. The highest BCUT2D eigenvalue weighted by Gasteiger charge is 2.41. The molecule has 7 nitrogen and oxygen atoms in total. The molecule has 2 aliphatic heterocycles. The Morgan fingerprint density at radius 1 is 0.900 bits per heavy atom. The number of nitrogens with zero attached hydrogens (tertiary/aromatic N) is 1. The molecule has 3 fully saturated rings. The van der Waals surface area contributed by atoms with Gasteiger partial charge in [0.15, 0.2) is 5.78 Å². The van der Waals surface area contributed by atoms with E-state index in [-0.39, 0.29) is 42.3 Å². The third kappa shape index (κ3) is 7.94. The molecular formula is C33H46N2O5. The highest BCUT2D eigenvalue weighted by atomic mass is 16.5. The molecule has 2 aliphatic carbocycles. The van der Waals surface area contributed by atoms with E-state index in [2.05, 4.69) is 5.32 Å². The van der Waals surface area contributed by atoms with E-state index >= 15 is 0 Å². The number of carbonyl (C=O) groups is 4. The second kappa shape index (κ2) is 13.8. The van der Waals surface area contributed by atoms with Crippen molar-refractivity contribution in [3.05, 3.63) is 29.8 Å². The van der Waals surface area contributed by atoms with E-state index in [1.807, 2.05) is 29.2 Å². The maximum absolute atomic E-state index is 13.7. The Labute approximate surface area is 238 Å². The number of hydrogen-bond donors (Lipinski definition) is 1. The highest BCUT2D eigenvalue weighted by Crippen LogP contribution is 2.40. The van der Waals surface area contributed by atoms with Gasteiger partial charge in [-0.05, 0) is 80.9 Å². The molecule has 3 atom stereocenters. The second-order valence-electron chi connectivity index (χ2n) is 12.7. The second-order valence-corrected chi connectivity index (χ2v) is 12.7. The summed E-state index contributed by atoms with van der Waals surface area (Å²) in [4.78, 5) is 55.7. The molecule has 2 saturated carbocycles. The van der Waals surface area contributed by atoms with Crippen LogP contribution in [0.3, 0.4) is 0 Å². The third-order valence-corrected chi connectivity index (χ3v) is 9.47. The van der Waals surface area contributed by atoms with Crippen molar-refractivity contribution in [1.82, 2.24) is 10.2 Å². The molecule has 1 saturated heterocycles. The lowest BCUT2D eigenvalue weighted by atomic mass is 9.91. The molecule has 40 heavy (non-hydrogen) atoms. The maximum Gasteiger partial charge on any atom is 0.224 e. The summed E-state index contributed by atoms with van der Waals surface area (Å²) in [5.41, 5.74) is 1.02. The average Bonchev–Trinajstić information content (AvgIpc) is 3.43. The summed E-state index contributed by atoms with van der Waals surface area (Å²) in [6.45, 7) is 1.28. The number of ketones is 2. The Bertz CT molecular complexity index is 1060. The Morgan fingerprint density at radius 3 is 2.50 bits per heavy atom. The molecule has 218 valence electrons. The van der Waals surface area contributed by atoms with Crippen LogP contribution in [0.15, 0.2) is 24.3 Å². The lowest BCUT2D eigenvalue weighted by molar-refractivity contribution is -0.139. The topological polar surface area (TPSA) is 92.8 Å². The van der Waals surface area contributed by atoms with Gasteiger partial charge in [-0.3, -0.25) is 19.2 Å². The number of fused-ring (bicyclic) bond motifs is 2. The third-order valence-electron chi connectivity index (χ3n) is 9.47. The number of carbonyl (C=O) groups excluding carboxylic acids is 4. The van der Waals surface area contributed by atoms with Crippen LogP contribution in [0.25, 0.3) is 0 Å². The van der Waals surface area contributed by atoms with E-state index in [9.17, 15) is 19.2 Å². The Balaban J connectivity index is 1.31. The van der Waals surface area contributed by atoms with Gasteiger partial charge in [0.25, 0.3) is 0 Å². The van der Waals surface area contributed by atoms with Crippen molar-refractivity contribution in [2.45, 2.75) is 115 Å². The van der Waals surface area contributed by atoms with E-state index in [0.717, 1.165) is 69.2 Å². The van der Waals surface area contributed by atoms with Crippen molar-refractivity contribution in [2.75, 3.05) is 13.2 Å². The van der Waals surface area contributed by atoms with Gasteiger partial charge in [-0.2, -0.15) is 0 Å². The van der Waals surface area contributed by atoms with Crippen molar-refractivity contribution >= 4 is 23.4 Å². The monoisotopic (exact) mass is 550 g/mol. The van der Waals surface area contributed by atoms with E-state index in [0.29, 0.717) is 44.1 Å². The fraction of sp³-hybridized carbons (Fsp3) is 0.697. The van der Waals surface area contributed by atoms with Crippen LogP contribution in [0.4, 0.5) is 0 Å². The van der Waals surface area contributed by atoms with Gasteiger partial charge < -0.3 is 15.0 Å². The van der Waals surface area contributed by atoms with Crippen molar-refractivity contribution in [2.24, 2.45) is 17.8 Å². The first-order chi connectivity index (χ1) is 19.5. The van der Waals surface area contributed by atoms with Gasteiger partial charge in [-0.1, -0.05) is 37.8 Å². The minimum absolute atomic E-state index is 0.0181. The van der Waals surface area contributed by atoms with Gasteiger partial charge in [-0.15, -0.1) is 0 Å². The molecule has 5 rings (SSSR count). The number of likely N-dealkylation sites (tertiary alicyclic amines) is 1. The minimum atomic E-state index is -0.746. The first-order valence-corrected chi connectivity index (χ1v) is 15.8. The number of Topliss-reactive ketones (excluding diaryl/α,β-unsaturated/α-hetero) is 2. The summed E-state index contributed by atoms with van der Waals surface area (Å²) in [7, 11) is 0. The summed E-state index contributed by atoms with van der Waals surface area (Å²) < 4.78 is 5.94. The Morgan fingerprint density at radius 2 is 1.70 bits per heavy atom. The maximum atomic E-state index is 13.7. The smallest absolute Gasteiger partial charge is 0.224 e. The molecule has 1 aromatic rings. The standard InChI is InChI=1S/C33H46N2O5/c36-27-16-13-24-9-5-10-28(19-24)40-18-4-3-11-29(31(37)20-23-7-1-2-8-23)34-33(39)26(21-27)22-32(38)35-17-6-12-30(35)25-14-15-25/h5,9-10,19,23,25-26,29-30H,1-4,6-8,11-18,20-22H2,(H,34,39)/t26-,29-,30?/m0/s1. The van der Waals surface area contributed by atoms with Gasteiger partial charge in [0.2, 0.25) is 11.8 Å². The fourth-order valence-corrected chi connectivity index (χ4v) is 7.00. The molecule has 4 aliphatic rings. The molecule has 2 heterocycles. The van der Waals surface area contributed by atoms with Crippen LogP contribution < -0.4 is 10.1 Å². The molecule has 7 heteroatoms. The van der Waals surface area contributed by atoms with Crippen LogP contribution >= 0.6 is 0 Å². The summed E-state index contributed by atoms with van der Waals surface area (Å²) in [6, 6.07) is 7.54. The number of benzene rings is 1. The van der Waals surface area contributed by atoms with Crippen molar-refractivity contribution in [3.8, 4) is 5.75 Å². The average molecular weight is 551 g/mol. The van der Waals surface area contributed by atoms with Crippen LogP contribution in [0, 0.1) is 17.8 Å². The van der Waals surface area contributed by atoms with Gasteiger partial charge in [0.1, 0.15) is 11.5 Å². The van der Waals surface area contributed by atoms with Gasteiger partial charge in [0, 0.05) is 38.3 Å².